The summed E-state index contributed by atoms with van der Waals surface area (Å²) >= 11 is 0. The Labute approximate surface area is 341 Å². The third-order valence-electron chi connectivity index (χ3n) is 13.3. The maximum atomic E-state index is 12.4. The van der Waals surface area contributed by atoms with Crippen molar-refractivity contribution in [1.29, 1.82) is 10.5 Å². The summed E-state index contributed by atoms with van der Waals surface area (Å²) in [6, 6.07) is 18.7. The van der Waals surface area contributed by atoms with Crippen LogP contribution in [-0.2, 0) is 4.74 Å². The maximum absolute atomic E-state index is 12.4. The Balaban J connectivity index is 0.000000179. The van der Waals surface area contributed by atoms with Crippen LogP contribution in [0.5, 0.6) is 0 Å². The molecule has 0 bridgehead atoms. The molecule has 12 nitrogen and oxygen atoms in total. The van der Waals surface area contributed by atoms with Gasteiger partial charge in [0.15, 0.2) is 0 Å². The molecular formula is C45H66N10O2. The summed E-state index contributed by atoms with van der Waals surface area (Å²) in [4.78, 5) is 19.0. The van der Waals surface area contributed by atoms with Crippen LogP contribution >= 0.6 is 0 Å². The predicted octanol–water partition coefficient (Wildman–Crippen LogP) is 6.88. The van der Waals surface area contributed by atoms with Gasteiger partial charge in [-0.05, 0) is 179 Å². The van der Waals surface area contributed by atoms with Gasteiger partial charge in [0, 0.05) is 55.2 Å². The zero-order valence-electron chi connectivity index (χ0n) is 35.1. The van der Waals surface area contributed by atoms with Crippen LogP contribution in [0.1, 0.15) is 96.1 Å². The molecule has 57 heavy (non-hydrogen) atoms. The Morgan fingerprint density at radius 3 is 1.65 bits per heavy atom. The molecule has 2 aliphatic carbocycles. The fourth-order valence-corrected chi connectivity index (χ4v) is 9.99. The second-order valence-corrected chi connectivity index (χ2v) is 19.3. The van der Waals surface area contributed by atoms with Crippen molar-refractivity contribution in [2.75, 3.05) is 87.7 Å². The van der Waals surface area contributed by atoms with Gasteiger partial charge >= 0.3 is 6.09 Å². The topological polar surface area (TPSA) is 144 Å². The summed E-state index contributed by atoms with van der Waals surface area (Å²) in [6.07, 6.45) is 11.3. The number of carbonyl (C=O) groups excluding carboxylic acids is 1. The molecule has 12 heteroatoms. The minimum atomic E-state index is -0.453. The third kappa shape index (κ3) is 10.5. The van der Waals surface area contributed by atoms with Crippen molar-refractivity contribution in [3.8, 4) is 12.1 Å². The highest BCUT2D eigenvalue weighted by molar-refractivity contribution is 5.69. The monoisotopic (exact) mass is 779 g/mol. The zero-order chi connectivity index (χ0) is 40.2. The minimum Gasteiger partial charge on any atom is -0.444 e. The highest BCUT2D eigenvalue weighted by Gasteiger charge is 2.50. The molecule has 6 fully saturated rings. The van der Waals surface area contributed by atoms with Crippen molar-refractivity contribution in [3.63, 3.8) is 0 Å². The van der Waals surface area contributed by atoms with E-state index in [4.69, 9.17) is 4.74 Å². The number of likely N-dealkylation sites (tertiary alicyclic amines) is 3. The van der Waals surface area contributed by atoms with E-state index in [1.54, 1.807) is 0 Å². The highest BCUT2D eigenvalue weighted by Crippen LogP contribution is 2.50. The molecule has 4 saturated heterocycles. The van der Waals surface area contributed by atoms with Gasteiger partial charge in [-0.15, -0.1) is 0 Å². The highest BCUT2D eigenvalue weighted by atomic mass is 16.6. The van der Waals surface area contributed by atoms with Crippen molar-refractivity contribution in [2.45, 2.75) is 115 Å². The van der Waals surface area contributed by atoms with Crippen LogP contribution in [0.4, 0.5) is 27.5 Å². The number of carbonyl (C=O) groups is 1. The lowest BCUT2D eigenvalue weighted by atomic mass is 9.65. The number of nitrogens with zero attached hydrogens (tertiary/aromatic N) is 5. The Kier molecular flexibility index (Phi) is 12.4. The van der Waals surface area contributed by atoms with Gasteiger partial charge in [0.25, 0.3) is 0 Å². The lowest BCUT2D eigenvalue weighted by molar-refractivity contribution is 0.0237. The molecule has 2 saturated carbocycles. The summed E-state index contributed by atoms with van der Waals surface area (Å²) in [5, 5.41) is 37.0. The number of anilines is 4. The molecule has 4 heterocycles. The molecule has 1 amide bonds. The van der Waals surface area contributed by atoms with Crippen molar-refractivity contribution in [1.82, 2.24) is 20.0 Å². The lowest BCUT2D eigenvalue weighted by Crippen LogP contribution is -2.47. The Hall–Kier alpha value is -4.23. The van der Waals surface area contributed by atoms with Crippen LogP contribution in [0, 0.1) is 33.5 Å². The predicted molar refractivity (Wildman–Crippen MR) is 229 cm³/mol. The fraction of sp³-hybridized carbons (Fsp3) is 0.667. The van der Waals surface area contributed by atoms with Gasteiger partial charge in [0.2, 0.25) is 0 Å². The summed E-state index contributed by atoms with van der Waals surface area (Å²) in [6.45, 7) is 14.1. The molecule has 2 spiro atoms. The molecule has 308 valence electrons. The van der Waals surface area contributed by atoms with E-state index in [1.807, 2.05) is 43.9 Å². The zero-order valence-corrected chi connectivity index (χ0v) is 35.1. The van der Waals surface area contributed by atoms with Crippen LogP contribution < -0.4 is 26.6 Å². The van der Waals surface area contributed by atoms with E-state index in [0.29, 0.717) is 35.1 Å². The maximum Gasteiger partial charge on any atom is 0.410 e. The number of benzene rings is 2. The number of nitrogens with one attached hydrogen (secondary N) is 5. The van der Waals surface area contributed by atoms with E-state index in [-0.39, 0.29) is 11.5 Å². The van der Waals surface area contributed by atoms with Crippen LogP contribution in [0.3, 0.4) is 0 Å². The Morgan fingerprint density at radius 2 is 1.21 bits per heavy atom. The van der Waals surface area contributed by atoms with Crippen molar-refractivity contribution in [3.05, 3.63) is 47.5 Å². The first-order valence-electron chi connectivity index (χ1n) is 21.5. The number of piperidine rings is 2. The second-order valence-electron chi connectivity index (χ2n) is 19.3. The van der Waals surface area contributed by atoms with E-state index in [2.05, 4.69) is 80.8 Å². The van der Waals surface area contributed by atoms with E-state index < -0.39 is 5.60 Å². The molecular weight excluding hydrogens is 713 g/mol. The standard InChI is InChI=1S/C25H37N5O2.C20H29N5/c1-24(2,3)32-23(31)30-12-9-25(17-30)14-21(15-25)27-20-6-5-18(16-26)22(13-20)28-19-7-10-29(4)11-8-19;1-25-8-4-16(5-9-25)24-19-10-17(3-2-15(19)13-21)23-18-11-20(12-18)6-7-22-14-20/h5-6,13,19,21,27-28H,7-12,14-15,17H2,1-4H3;2-3,10,16,18,22-24H,4-9,11-12,14H2,1H3. The van der Waals surface area contributed by atoms with Crippen LogP contribution in [0.25, 0.3) is 0 Å². The van der Waals surface area contributed by atoms with E-state index >= 15 is 0 Å². The average Bonchev–Trinajstić information content (AvgIpc) is 3.83. The van der Waals surface area contributed by atoms with Gasteiger partial charge in [0.05, 0.1) is 22.5 Å². The molecule has 0 unspecified atom stereocenters. The first-order valence-corrected chi connectivity index (χ1v) is 21.5. The van der Waals surface area contributed by atoms with Crippen LogP contribution in [0.2, 0.25) is 0 Å². The molecule has 2 aromatic rings. The van der Waals surface area contributed by atoms with Gasteiger partial charge < -0.3 is 46.0 Å². The smallest absolute Gasteiger partial charge is 0.410 e. The number of nitriles is 2. The molecule has 2 aromatic carbocycles. The van der Waals surface area contributed by atoms with E-state index in [1.165, 1.54) is 32.4 Å². The first kappa shape index (κ1) is 40.9. The number of hydrogen-bond acceptors (Lipinski definition) is 11. The Morgan fingerprint density at radius 1 is 0.719 bits per heavy atom. The van der Waals surface area contributed by atoms with Gasteiger partial charge in [-0.25, -0.2) is 4.79 Å². The third-order valence-corrected chi connectivity index (χ3v) is 13.3. The van der Waals surface area contributed by atoms with Gasteiger partial charge in [0.1, 0.15) is 17.7 Å². The van der Waals surface area contributed by atoms with Gasteiger partial charge in [-0.2, -0.15) is 10.5 Å². The molecule has 0 radical (unpaired) electrons. The fourth-order valence-electron chi connectivity index (χ4n) is 9.99. The Bertz CT molecular complexity index is 1780. The lowest BCUT2D eigenvalue weighted by Gasteiger charge is -2.45. The number of rotatable bonds is 8. The van der Waals surface area contributed by atoms with Gasteiger partial charge in [-0.3, -0.25) is 0 Å². The summed E-state index contributed by atoms with van der Waals surface area (Å²) in [5.74, 6) is 0. The summed E-state index contributed by atoms with van der Waals surface area (Å²) < 4.78 is 5.54. The largest absolute Gasteiger partial charge is 0.444 e. The van der Waals surface area contributed by atoms with E-state index in [0.717, 1.165) is 113 Å². The molecule has 8 rings (SSSR count). The second kappa shape index (κ2) is 17.3. The summed E-state index contributed by atoms with van der Waals surface area (Å²) in [7, 11) is 4.33. The molecule has 4 aliphatic heterocycles. The van der Waals surface area contributed by atoms with Crippen LogP contribution in [0.15, 0.2) is 36.4 Å². The summed E-state index contributed by atoms with van der Waals surface area (Å²) in [5.41, 5.74) is 5.87. The number of hydrogen-bond donors (Lipinski definition) is 5. The normalized spacial score (nSPS) is 28.0. The molecule has 0 aromatic heterocycles. The first-order chi connectivity index (χ1) is 27.3. The molecule has 5 N–H and O–H groups in total. The number of amides is 1. The number of ether oxygens (including phenoxy) is 1. The molecule has 6 aliphatic rings. The van der Waals surface area contributed by atoms with Gasteiger partial charge in [-0.1, -0.05) is 0 Å². The van der Waals surface area contributed by atoms with E-state index in [9.17, 15) is 15.3 Å². The SMILES string of the molecule is CN1CCC(Nc2cc(NC3CC4(CCN(C(=O)OC(C)(C)C)C4)C3)ccc2C#N)CC1.CN1CCC(Nc2cc(NC3CC4(CCNC4)C3)ccc2C#N)CC1. The van der Waals surface area contributed by atoms with Crippen molar-refractivity contribution >= 4 is 28.8 Å². The van der Waals surface area contributed by atoms with Crippen molar-refractivity contribution < 1.29 is 9.53 Å². The average molecular weight is 779 g/mol. The minimum absolute atomic E-state index is 0.192. The molecule has 0 atom stereocenters. The van der Waals surface area contributed by atoms with Crippen molar-refractivity contribution in [2.24, 2.45) is 10.8 Å². The van der Waals surface area contributed by atoms with Crippen LogP contribution in [-0.4, -0.2) is 117 Å². The quantitative estimate of drug-likeness (QED) is 0.191.